The van der Waals surface area contributed by atoms with Crippen LogP contribution >= 0.6 is 0 Å². The van der Waals surface area contributed by atoms with E-state index in [-0.39, 0.29) is 11.9 Å². The van der Waals surface area contributed by atoms with Crippen LogP contribution in [0, 0.1) is 0 Å². The van der Waals surface area contributed by atoms with Crippen LogP contribution in [0.5, 0.6) is 0 Å². The molecule has 0 aliphatic carbocycles. The second-order valence-corrected chi connectivity index (χ2v) is 7.42. The number of anilines is 1. The lowest BCUT2D eigenvalue weighted by Gasteiger charge is -2.30. The molecule has 0 radical (unpaired) electrons. The van der Waals surface area contributed by atoms with E-state index in [9.17, 15) is 22.2 Å². The molecule has 2 saturated heterocycles. The van der Waals surface area contributed by atoms with Gasteiger partial charge in [0.25, 0.3) is 0 Å². The Kier molecular flexibility index (Phi) is 4.46. The second-order valence-electron chi connectivity index (χ2n) is 5.72. The fraction of sp³-hybridized carbons (Fsp3) is 0.533. The zero-order chi connectivity index (χ0) is 16.6. The van der Waals surface area contributed by atoms with Gasteiger partial charge in [0.2, 0.25) is 5.91 Å². The summed E-state index contributed by atoms with van der Waals surface area (Å²) >= 11 is 0. The molecule has 1 amide bonds. The van der Waals surface area contributed by atoms with Crippen molar-refractivity contribution >= 4 is 22.4 Å². The van der Waals surface area contributed by atoms with Crippen molar-refractivity contribution in [3.8, 4) is 0 Å². The van der Waals surface area contributed by atoms with E-state index in [0.717, 1.165) is 12.1 Å². The molecule has 1 aromatic carbocycles. The van der Waals surface area contributed by atoms with Gasteiger partial charge < -0.3 is 4.90 Å². The van der Waals surface area contributed by atoms with Gasteiger partial charge in [0, 0.05) is 47.6 Å². The highest BCUT2D eigenvalue weighted by atomic mass is 32.2. The van der Waals surface area contributed by atoms with Crippen LogP contribution in [0.1, 0.15) is 12.0 Å². The van der Waals surface area contributed by atoms with Crippen molar-refractivity contribution in [2.24, 2.45) is 0 Å². The van der Waals surface area contributed by atoms with Crippen molar-refractivity contribution in [1.29, 1.82) is 0 Å². The molecule has 2 heterocycles. The number of halogens is 3. The van der Waals surface area contributed by atoms with Gasteiger partial charge in [0.1, 0.15) is 0 Å². The number of carbonyl (C=O) groups is 1. The first kappa shape index (κ1) is 16.4. The Morgan fingerprint density at radius 2 is 1.65 bits per heavy atom. The van der Waals surface area contributed by atoms with E-state index < -0.39 is 22.5 Å². The average molecular weight is 346 g/mol. The quantitative estimate of drug-likeness (QED) is 0.821. The first-order valence-corrected chi connectivity index (χ1v) is 8.93. The first-order valence-electron chi connectivity index (χ1n) is 7.44. The molecule has 2 fully saturated rings. The molecule has 8 heteroatoms. The summed E-state index contributed by atoms with van der Waals surface area (Å²) < 4.78 is 49.2. The molecular formula is C15H17F3N2O2S. The molecule has 3 rings (SSSR count). The number of rotatable bonds is 2. The normalized spacial score (nSPS) is 24.4. The molecule has 1 aromatic rings. The van der Waals surface area contributed by atoms with E-state index in [4.69, 9.17) is 0 Å². The summed E-state index contributed by atoms with van der Waals surface area (Å²) in [6.45, 7) is 1.75. The van der Waals surface area contributed by atoms with Gasteiger partial charge in [-0.05, 0) is 30.7 Å². The van der Waals surface area contributed by atoms with E-state index in [2.05, 4.69) is 0 Å². The van der Waals surface area contributed by atoms with Gasteiger partial charge in [-0.1, -0.05) is 0 Å². The van der Waals surface area contributed by atoms with Crippen LogP contribution < -0.4 is 4.90 Å². The molecular weight excluding hydrogens is 329 g/mol. The van der Waals surface area contributed by atoms with Crippen molar-refractivity contribution in [2.45, 2.75) is 18.6 Å². The molecule has 0 bridgehead atoms. The summed E-state index contributed by atoms with van der Waals surface area (Å²) in [5.41, 5.74) is -0.228. The minimum Gasteiger partial charge on any atom is -0.311 e. The third-order valence-corrected chi connectivity index (χ3v) is 5.61. The van der Waals surface area contributed by atoms with Gasteiger partial charge in [-0.2, -0.15) is 13.2 Å². The van der Waals surface area contributed by atoms with Crippen LogP contribution in [0.25, 0.3) is 0 Å². The number of hydrogen-bond acceptors (Lipinski definition) is 3. The molecule has 2 aliphatic heterocycles. The highest BCUT2D eigenvalue weighted by molar-refractivity contribution is 7.85. The highest BCUT2D eigenvalue weighted by Crippen LogP contribution is 2.32. The first-order chi connectivity index (χ1) is 10.9. The summed E-state index contributed by atoms with van der Waals surface area (Å²) in [6, 6.07) is 4.43. The molecule has 0 aromatic heterocycles. The number of amides is 1. The minimum absolute atomic E-state index is 0.0857. The third kappa shape index (κ3) is 3.42. The maximum atomic E-state index is 12.6. The summed E-state index contributed by atoms with van der Waals surface area (Å²) in [5.74, 6) is 1.06. The molecule has 23 heavy (non-hydrogen) atoms. The van der Waals surface area contributed by atoms with E-state index in [1.54, 1.807) is 0 Å². The topological polar surface area (TPSA) is 40.6 Å². The van der Waals surface area contributed by atoms with Crippen LogP contribution in [0.2, 0.25) is 0 Å². The van der Waals surface area contributed by atoms with Crippen molar-refractivity contribution in [3.63, 3.8) is 0 Å². The Hall–Kier alpha value is -1.41. The van der Waals surface area contributed by atoms with Crippen LogP contribution in [-0.4, -0.2) is 52.2 Å². The predicted molar refractivity (Wildman–Crippen MR) is 81.7 cm³/mol. The Morgan fingerprint density at radius 3 is 2.22 bits per heavy atom. The molecule has 4 nitrogen and oxygen atoms in total. The van der Waals surface area contributed by atoms with E-state index >= 15 is 0 Å². The molecule has 2 aliphatic rings. The average Bonchev–Trinajstić information content (AvgIpc) is 2.89. The maximum Gasteiger partial charge on any atom is 0.416 e. The second kappa shape index (κ2) is 6.24. The van der Waals surface area contributed by atoms with E-state index in [1.165, 1.54) is 17.0 Å². The van der Waals surface area contributed by atoms with Crippen LogP contribution in [0.3, 0.4) is 0 Å². The van der Waals surface area contributed by atoms with E-state index in [1.807, 2.05) is 4.90 Å². The molecule has 0 unspecified atom stereocenters. The zero-order valence-electron chi connectivity index (χ0n) is 12.4. The number of hydrogen-bond donors (Lipinski definition) is 0. The van der Waals surface area contributed by atoms with Gasteiger partial charge in [0.15, 0.2) is 0 Å². The summed E-state index contributed by atoms with van der Waals surface area (Å²) in [4.78, 5) is 16.1. The van der Waals surface area contributed by atoms with Gasteiger partial charge in [-0.15, -0.1) is 0 Å². The highest BCUT2D eigenvalue weighted by Gasteiger charge is 2.38. The molecule has 0 N–H and O–H groups in total. The van der Waals surface area contributed by atoms with Crippen LogP contribution in [0.4, 0.5) is 18.9 Å². The number of benzene rings is 1. The number of nitrogens with zero attached hydrogens (tertiary/aromatic N) is 2. The summed E-state index contributed by atoms with van der Waals surface area (Å²) in [7, 11) is -0.801. The molecule has 126 valence electrons. The Bertz CT molecular complexity index is 608. The fourth-order valence-electron chi connectivity index (χ4n) is 3.05. The monoisotopic (exact) mass is 346 g/mol. The van der Waals surface area contributed by atoms with Crippen molar-refractivity contribution in [2.75, 3.05) is 36.0 Å². The fourth-order valence-corrected chi connectivity index (χ4v) is 4.13. The maximum absolute atomic E-state index is 12.6. The van der Waals surface area contributed by atoms with Gasteiger partial charge in [0.05, 0.1) is 11.6 Å². The molecule has 1 atom stereocenters. The largest absolute Gasteiger partial charge is 0.416 e. The van der Waals surface area contributed by atoms with Crippen LogP contribution in [0.15, 0.2) is 24.3 Å². The number of carbonyl (C=O) groups excluding carboxylic acids is 1. The van der Waals surface area contributed by atoms with Gasteiger partial charge >= 0.3 is 6.18 Å². The van der Waals surface area contributed by atoms with Crippen molar-refractivity contribution in [3.05, 3.63) is 29.8 Å². The summed E-state index contributed by atoms with van der Waals surface area (Å²) in [5, 5.41) is 0. The number of alkyl halides is 3. The zero-order valence-corrected chi connectivity index (χ0v) is 13.2. The third-order valence-electron chi connectivity index (χ3n) is 4.34. The van der Waals surface area contributed by atoms with Gasteiger partial charge in [-0.25, -0.2) is 0 Å². The lowest BCUT2D eigenvalue weighted by Crippen LogP contribution is -2.48. The van der Waals surface area contributed by atoms with E-state index in [0.29, 0.717) is 43.2 Å². The predicted octanol–water partition coefficient (Wildman–Crippen LogP) is 1.88. The Morgan fingerprint density at radius 1 is 1.04 bits per heavy atom. The van der Waals surface area contributed by atoms with Crippen LogP contribution in [-0.2, 0) is 21.8 Å². The van der Waals surface area contributed by atoms with Crippen molar-refractivity contribution in [1.82, 2.24) is 4.90 Å². The summed E-state index contributed by atoms with van der Waals surface area (Å²) in [6.07, 6.45) is -3.73. The Balaban J connectivity index is 1.70. The SMILES string of the molecule is O=C1[C@H](N2CCS(=O)CC2)CCN1c1ccc(C(F)(F)F)cc1. The molecule has 0 spiro atoms. The smallest absolute Gasteiger partial charge is 0.311 e. The molecule has 0 saturated carbocycles. The lowest BCUT2D eigenvalue weighted by atomic mass is 10.2. The Labute approximate surface area is 134 Å². The minimum atomic E-state index is -4.38. The lowest BCUT2D eigenvalue weighted by molar-refractivity contribution is -0.137. The van der Waals surface area contributed by atoms with Gasteiger partial charge in [-0.3, -0.25) is 13.9 Å². The standard InChI is InChI=1S/C15H17F3N2O2S/c16-15(17,18)11-1-3-12(4-2-11)20-6-5-13(14(20)21)19-7-9-23(22)10-8-19/h1-4,13H,5-10H2/t13-/m1/s1. The van der Waals surface area contributed by atoms with Crippen molar-refractivity contribution < 1.29 is 22.2 Å².